The topological polar surface area (TPSA) is 42.4 Å². The number of hydrogen-bond acceptors (Lipinski definition) is 4. The van der Waals surface area contributed by atoms with Gasteiger partial charge in [0.15, 0.2) is 0 Å². The fourth-order valence-corrected chi connectivity index (χ4v) is 3.28. The SMILES string of the molecule is CCC(=O)N(Cc1csc(COc2cc(C)cc(C)c2)n1)C(C)C. The van der Waals surface area contributed by atoms with Gasteiger partial charge in [0.2, 0.25) is 5.91 Å². The molecule has 0 unspecified atom stereocenters. The average molecular weight is 346 g/mol. The minimum atomic E-state index is 0.158. The van der Waals surface area contributed by atoms with Crippen LogP contribution in [0.3, 0.4) is 0 Å². The zero-order valence-corrected chi connectivity index (χ0v) is 15.9. The highest BCUT2D eigenvalue weighted by molar-refractivity contribution is 7.09. The molecule has 0 aliphatic heterocycles. The van der Waals surface area contributed by atoms with Gasteiger partial charge in [0, 0.05) is 17.8 Å². The van der Waals surface area contributed by atoms with Gasteiger partial charge in [-0.15, -0.1) is 11.3 Å². The zero-order valence-electron chi connectivity index (χ0n) is 15.1. The predicted octanol–water partition coefficient (Wildman–Crippen LogP) is 4.49. The van der Waals surface area contributed by atoms with Gasteiger partial charge in [0.25, 0.3) is 0 Å². The number of hydrogen-bond donors (Lipinski definition) is 0. The van der Waals surface area contributed by atoms with E-state index in [-0.39, 0.29) is 11.9 Å². The molecule has 0 spiro atoms. The maximum absolute atomic E-state index is 12.0. The number of rotatable bonds is 7. The van der Waals surface area contributed by atoms with Gasteiger partial charge < -0.3 is 9.64 Å². The number of amides is 1. The van der Waals surface area contributed by atoms with Crippen molar-refractivity contribution in [3.8, 4) is 5.75 Å². The molecule has 0 bridgehead atoms. The second kappa shape index (κ2) is 8.29. The summed E-state index contributed by atoms with van der Waals surface area (Å²) in [5.41, 5.74) is 3.31. The monoisotopic (exact) mass is 346 g/mol. The molecule has 4 nitrogen and oxygen atoms in total. The molecule has 0 aliphatic rings. The number of aromatic nitrogens is 1. The van der Waals surface area contributed by atoms with Gasteiger partial charge in [-0.3, -0.25) is 4.79 Å². The molecule has 130 valence electrons. The van der Waals surface area contributed by atoms with Crippen molar-refractivity contribution in [3.63, 3.8) is 0 Å². The molecule has 1 aromatic heterocycles. The number of thiazole rings is 1. The summed E-state index contributed by atoms with van der Waals surface area (Å²) in [6, 6.07) is 6.36. The lowest BCUT2D eigenvalue weighted by Crippen LogP contribution is -2.35. The molecule has 2 rings (SSSR count). The molecule has 0 N–H and O–H groups in total. The third-order valence-corrected chi connectivity index (χ3v) is 4.61. The van der Waals surface area contributed by atoms with Crippen molar-refractivity contribution in [2.75, 3.05) is 0 Å². The maximum atomic E-state index is 12.0. The molecule has 0 atom stereocenters. The third-order valence-electron chi connectivity index (χ3n) is 3.74. The van der Waals surface area contributed by atoms with E-state index < -0.39 is 0 Å². The van der Waals surface area contributed by atoms with Crippen molar-refractivity contribution >= 4 is 17.2 Å². The molecule has 2 aromatic rings. The second-order valence-corrected chi connectivity index (χ2v) is 7.26. The number of nitrogens with zero attached hydrogens (tertiary/aromatic N) is 2. The first-order valence-corrected chi connectivity index (χ1v) is 9.20. The lowest BCUT2D eigenvalue weighted by molar-refractivity contribution is -0.133. The van der Waals surface area contributed by atoms with Crippen LogP contribution in [-0.2, 0) is 17.9 Å². The molecule has 1 aromatic carbocycles. The Balaban J connectivity index is 1.98. The molecule has 1 amide bonds. The third kappa shape index (κ3) is 5.06. The summed E-state index contributed by atoms with van der Waals surface area (Å²) in [6.45, 7) is 11.1. The highest BCUT2D eigenvalue weighted by Gasteiger charge is 2.17. The van der Waals surface area contributed by atoms with Gasteiger partial charge in [-0.25, -0.2) is 4.98 Å². The Morgan fingerprint density at radius 2 is 1.92 bits per heavy atom. The minimum Gasteiger partial charge on any atom is -0.486 e. The summed E-state index contributed by atoms with van der Waals surface area (Å²) in [6.07, 6.45) is 0.519. The summed E-state index contributed by atoms with van der Waals surface area (Å²) in [5.74, 6) is 1.03. The molecular formula is C19H26N2O2S. The molecule has 24 heavy (non-hydrogen) atoms. The van der Waals surface area contributed by atoms with Crippen LogP contribution < -0.4 is 4.74 Å². The number of aryl methyl sites for hydroxylation is 2. The van der Waals surface area contributed by atoms with Crippen LogP contribution in [0, 0.1) is 13.8 Å². The highest BCUT2D eigenvalue weighted by atomic mass is 32.1. The van der Waals surface area contributed by atoms with Crippen molar-refractivity contribution in [2.45, 2.75) is 60.2 Å². The second-order valence-electron chi connectivity index (χ2n) is 6.31. The van der Waals surface area contributed by atoms with E-state index in [1.54, 1.807) is 11.3 Å². The average Bonchev–Trinajstić information content (AvgIpc) is 2.96. The van der Waals surface area contributed by atoms with E-state index in [4.69, 9.17) is 4.74 Å². The summed E-state index contributed by atoms with van der Waals surface area (Å²) in [7, 11) is 0. The smallest absolute Gasteiger partial charge is 0.222 e. The minimum absolute atomic E-state index is 0.158. The number of carbonyl (C=O) groups excluding carboxylic acids is 1. The zero-order chi connectivity index (χ0) is 17.7. The van der Waals surface area contributed by atoms with Crippen LogP contribution in [0.2, 0.25) is 0 Å². The van der Waals surface area contributed by atoms with Crippen LogP contribution in [0.5, 0.6) is 5.75 Å². The molecule has 5 heteroatoms. The van der Waals surface area contributed by atoms with Crippen molar-refractivity contribution in [3.05, 3.63) is 45.4 Å². The van der Waals surface area contributed by atoms with Gasteiger partial charge in [-0.2, -0.15) is 0 Å². The summed E-state index contributed by atoms with van der Waals surface area (Å²) < 4.78 is 5.86. The van der Waals surface area contributed by atoms with E-state index in [1.807, 2.05) is 43.2 Å². The van der Waals surface area contributed by atoms with Crippen molar-refractivity contribution < 1.29 is 9.53 Å². The molecule has 0 fully saturated rings. The number of benzene rings is 1. The first-order valence-electron chi connectivity index (χ1n) is 8.33. The van der Waals surface area contributed by atoms with E-state index in [1.165, 1.54) is 11.1 Å². The van der Waals surface area contributed by atoms with E-state index in [9.17, 15) is 4.79 Å². The molecule has 1 heterocycles. The predicted molar refractivity (Wildman–Crippen MR) is 98.3 cm³/mol. The van der Waals surface area contributed by atoms with Gasteiger partial charge in [0.1, 0.15) is 17.4 Å². The normalized spacial score (nSPS) is 10.9. The Morgan fingerprint density at radius 3 is 2.50 bits per heavy atom. The molecule has 0 saturated heterocycles. The van der Waals surface area contributed by atoms with Crippen LogP contribution in [0.1, 0.15) is 49.0 Å². The first kappa shape index (κ1) is 18.5. The Morgan fingerprint density at radius 1 is 1.25 bits per heavy atom. The van der Waals surface area contributed by atoms with E-state index in [0.717, 1.165) is 16.5 Å². The standard InChI is InChI=1S/C19H26N2O2S/c1-6-19(22)21(13(2)3)10-16-12-24-18(20-16)11-23-17-8-14(4)7-15(5)9-17/h7-9,12-13H,6,10-11H2,1-5H3. The molecule has 0 radical (unpaired) electrons. The summed E-state index contributed by atoms with van der Waals surface area (Å²) in [4.78, 5) is 18.5. The van der Waals surface area contributed by atoms with Crippen LogP contribution in [0.15, 0.2) is 23.6 Å². The van der Waals surface area contributed by atoms with Gasteiger partial charge in [-0.1, -0.05) is 13.0 Å². The Bertz CT molecular complexity index is 674. The number of ether oxygens (including phenoxy) is 1. The first-order chi connectivity index (χ1) is 11.4. The van der Waals surface area contributed by atoms with E-state index in [0.29, 0.717) is 19.6 Å². The fraction of sp³-hybridized carbons (Fsp3) is 0.474. The van der Waals surface area contributed by atoms with Crippen molar-refractivity contribution in [1.82, 2.24) is 9.88 Å². The van der Waals surface area contributed by atoms with Gasteiger partial charge >= 0.3 is 0 Å². The highest BCUT2D eigenvalue weighted by Crippen LogP contribution is 2.20. The number of carbonyl (C=O) groups is 1. The Hall–Kier alpha value is -1.88. The van der Waals surface area contributed by atoms with Crippen LogP contribution >= 0.6 is 11.3 Å². The maximum Gasteiger partial charge on any atom is 0.222 e. The van der Waals surface area contributed by atoms with Crippen LogP contribution in [0.25, 0.3) is 0 Å². The van der Waals surface area contributed by atoms with Crippen LogP contribution in [0.4, 0.5) is 0 Å². The van der Waals surface area contributed by atoms with Gasteiger partial charge in [0.05, 0.1) is 12.2 Å². The van der Waals surface area contributed by atoms with Crippen molar-refractivity contribution in [2.24, 2.45) is 0 Å². The molecular weight excluding hydrogens is 320 g/mol. The molecule has 0 saturated carbocycles. The summed E-state index contributed by atoms with van der Waals surface area (Å²) >= 11 is 1.58. The van der Waals surface area contributed by atoms with Gasteiger partial charge in [-0.05, 0) is 51.0 Å². The Kier molecular flexibility index (Phi) is 6.37. The Labute approximate surface area is 148 Å². The largest absolute Gasteiger partial charge is 0.486 e. The van der Waals surface area contributed by atoms with Crippen molar-refractivity contribution in [1.29, 1.82) is 0 Å². The van der Waals surface area contributed by atoms with Crippen LogP contribution in [-0.4, -0.2) is 21.8 Å². The molecule has 0 aliphatic carbocycles. The summed E-state index contributed by atoms with van der Waals surface area (Å²) in [5, 5.41) is 2.94. The lowest BCUT2D eigenvalue weighted by Gasteiger charge is -2.25. The quantitative estimate of drug-likeness (QED) is 0.742. The van der Waals surface area contributed by atoms with E-state index in [2.05, 4.69) is 24.9 Å². The fourth-order valence-electron chi connectivity index (χ4n) is 2.59. The lowest BCUT2D eigenvalue weighted by atomic mass is 10.1. The van der Waals surface area contributed by atoms with E-state index >= 15 is 0 Å².